The lowest BCUT2D eigenvalue weighted by molar-refractivity contribution is 0.508. The van der Waals surface area contributed by atoms with Crippen molar-refractivity contribution >= 4 is 9.47 Å². The van der Waals surface area contributed by atoms with Gasteiger partial charge in [0, 0.05) is 0 Å². The van der Waals surface area contributed by atoms with Crippen LogP contribution in [0.15, 0.2) is 36.8 Å². The minimum atomic E-state index is 0.393. The van der Waals surface area contributed by atoms with E-state index in [-0.39, 0.29) is 0 Å². The Balaban J connectivity index is 0. The van der Waals surface area contributed by atoms with Gasteiger partial charge in [-0.2, -0.15) is 0 Å². The summed E-state index contributed by atoms with van der Waals surface area (Å²) in [5.74, 6) is 0.523. The third-order valence-electron chi connectivity index (χ3n) is 0.713. The lowest BCUT2D eigenvalue weighted by Gasteiger charge is -2.01. The predicted molar refractivity (Wildman–Crippen MR) is 53.8 cm³/mol. The van der Waals surface area contributed by atoms with Gasteiger partial charge in [-0.25, -0.2) is 0 Å². The molecule has 0 saturated heterocycles. The molecule has 11 heavy (non-hydrogen) atoms. The summed E-state index contributed by atoms with van der Waals surface area (Å²) in [6, 6.07) is 0. The van der Waals surface area contributed by atoms with Gasteiger partial charge in [0.25, 0.3) is 0 Å². The van der Waals surface area contributed by atoms with Crippen molar-refractivity contribution in [3.8, 4) is 0 Å². The van der Waals surface area contributed by atoms with Gasteiger partial charge in [-0.05, 0) is 6.08 Å². The number of hydrogen-bond donors (Lipinski definition) is 1. The van der Waals surface area contributed by atoms with Gasteiger partial charge in [0.1, 0.15) is 5.76 Å². The van der Waals surface area contributed by atoms with Crippen molar-refractivity contribution in [2.45, 2.75) is 13.8 Å². The van der Waals surface area contributed by atoms with Crippen molar-refractivity contribution in [1.82, 2.24) is 0 Å². The molecule has 0 aliphatic rings. The maximum atomic E-state index is 5.28. The van der Waals surface area contributed by atoms with Crippen molar-refractivity contribution in [3.05, 3.63) is 36.8 Å². The van der Waals surface area contributed by atoms with Gasteiger partial charge >= 0.3 is 0 Å². The second-order valence-corrected chi connectivity index (χ2v) is 1.65. The van der Waals surface area contributed by atoms with Crippen LogP contribution in [0.5, 0.6) is 0 Å². The molecule has 0 rings (SSSR count). The molecule has 0 aliphatic heterocycles. The van der Waals surface area contributed by atoms with Crippen molar-refractivity contribution < 1.29 is 4.52 Å². The van der Waals surface area contributed by atoms with Crippen LogP contribution in [-0.4, -0.2) is 0 Å². The molecule has 0 fully saturated rings. The molecule has 0 aromatic rings. The molecule has 0 heterocycles. The summed E-state index contributed by atoms with van der Waals surface area (Å²) in [6.45, 7) is 10.9. The van der Waals surface area contributed by atoms with E-state index in [0.29, 0.717) is 11.5 Å². The van der Waals surface area contributed by atoms with Gasteiger partial charge in [0.2, 0.25) is 0 Å². The zero-order valence-corrected chi connectivity index (χ0v) is 8.29. The molecule has 0 aromatic carbocycles. The highest BCUT2D eigenvalue weighted by Gasteiger charge is 1.92. The van der Waals surface area contributed by atoms with Crippen LogP contribution in [0.1, 0.15) is 13.8 Å². The summed E-state index contributed by atoms with van der Waals surface area (Å²) in [5.41, 5.74) is 5.68. The number of hydrogen-bond acceptors (Lipinski definition) is 2. The van der Waals surface area contributed by atoms with E-state index < -0.39 is 0 Å². The third kappa shape index (κ3) is 7.14. The molecule has 1 atom stereocenters. The summed E-state index contributed by atoms with van der Waals surface area (Å²) in [7, 11) is 2.08. The van der Waals surface area contributed by atoms with Crippen LogP contribution in [0.25, 0.3) is 0 Å². The Labute approximate surface area is 71.1 Å². The van der Waals surface area contributed by atoms with Crippen LogP contribution in [0.2, 0.25) is 0 Å². The zero-order valence-electron chi connectivity index (χ0n) is 7.13. The fourth-order valence-electron chi connectivity index (χ4n) is 0.329. The highest BCUT2D eigenvalue weighted by atomic mass is 31.0. The number of rotatable bonds is 3. The van der Waals surface area contributed by atoms with E-state index in [1.807, 2.05) is 13.8 Å². The van der Waals surface area contributed by atoms with Crippen LogP contribution < -0.4 is 5.73 Å². The molecule has 0 radical (unpaired) electrons. The van der Waals surface area contributed by atoms with E-state index in [1.165, 1.54) is 0 Å². The van der Waals surface area contributed by atoms with Gasteiger partial charge in [-0.15, -0.1) is 0 Å². The number of nitrogens with two attached hydrogens (primary N) is 1. The Morgan fingerprint density at radius 3 is 2.09 bits per heavy atom. The first kappa shape index (κ1) is 12.9. The quantitative estimate of drug-likeness (QED) is 0.404. The molecule has 2 nitrogen and oxygen atoms in total. The van der Waals surface area contributed by atoms with E-state index in [4.69, 9.17) is 10.3 Å². The Kier molecular flexibility index (Phi) is 10.8. The maximum Gasteiger partial charge on any atom is 0.144 e. The van der Waals surface area contributed by atoms with E-state index >= 15 is 0 Å². The Hall–Kier alpha value is -0.750. The molecule has 2 N–H and O–H groups in total. The van der Waals surface area contributed by atoms with E-state index in [1.54, 1.807) is 12.2 Å². The van der Waals surface area contributed by atoms with Gasteiger partial charge in [0.15, 0.2) is 0 Å². The van der Waals surface area contributed by atoms with E-state index in [9.17, 15) is 0 Å². The fourth-order valence-corrected chi connectivity index (χ4v) is 0.559. The Morgan fingerprint density at radius 1 is 1.55 bits per heavy atom. The minimum absolute atomic E-state index is 0.393. The highest BCUT2D eigenvalue weighted by molar-refractivity contribution is 7.10. The minimum Gasteiger partial charge on any atom is -0.478 e. The number of allylic oxidation sites excluding steroid dienone is 2. The van der Waals surface area contributed by atoms with Crippen LogP contribution in [0.4, 0.5) is 0 Å². The van der Waals surface area contributed by atoms with Gasteiger partial charge in [-0.3, -0.25) is 0 Å². The first-order valence-corrected chi connectivity index (χ1v) is 3.83. The largest absolute Gasteiger partial charge is 0.478 e. The molecule has 0 bridgehead atoms. The van der Waals surface area contributed by atoms with Gasteiger partial charge in [0.05, 0.1) is 15.2 Å². The molecule has 0 spiro atoms. The molecule has 0 aromatic heterocycles. The summed E-state index contributed by atoms with van der Waals surface area (Å²) in [5, 5.41) is 0. The predicted octanol–water partition coefficient (Wildman–Crippen LogP) is 2.36. The lowest BCUT2D eigenvalue weighted by Crippen LogP contribution is -1.97. The first-order chi connectivity index (χ1) is 5.22. The molecule has 0 saturated carbocycles. The second kappa shape index (κ2) is 9.25. The SMILES string of the molecule is C=C/C=C(/OP)C(=C)N.CC. The van der Waals surface area contributed by atoms with Crippen LogP contribution >= 0.6 is 9.47 Å². The van der Waals surface area contributed by atoms with Crippen molar-refractivity contribution in [3.63, 3.8) is 0 Å². The molecular formula is C8H16NOP. The molecule has 0 amide bonds. The summed E-state index contributed by atoms with van der Waals surface area (Å²) in [6.07, 6.45) is 3.22. The van der Waals surface area contributed by atoms with Crippen molar-refractivity contribution in [2.75, 3.05) is 0 Å². The summed E-state index contributed by atoms with van der Waals surface area (Å²) < 4.78 is 4.73. The van der Waals surface area contributed by atoms with Crippen LogP contribution in [-0.2, 0) is 4.52 Å². The Morgan fingerprint density at radius 2 is 2.00 bits per heavy atom. The normalized spacial score (nSPS) is 9.18. The first-order valence-electron chi connectivity index (χ1n) is 3.36. The van der Waals surface area contributed by atoms with Gasteiger partial charge < -0.3 is 10.3 Å². The average Bonchev–Trinajstić information content (AvgIpc) is 2.03. The van der Waals surface area contributed by atoms with Crippen LogP contribution in [0.3, 0.4) is 0 Å². The van der Waals surface area contributed by atoms with E-state index in [2.05, 4.69) is 22.6 Å². The maximum absolute atomic E-state index is 5.28. The highest BCUT2D eigenvalue weighted by Crippen LogP contribution is 2.07. The molecule has 1 unspecified atom stereocenters. The molecule has 0 aliphatic carbocycles. The third-order valence-corrected chi connectivity index (χ3v) is 0.967. The van der Waals surface area contributed by atoms with Crippen molar-refractivity contribution in [2.24, 2.45) is 5.73 Å². The topological polar surface area (TPSA) is 35.2 Å². The van der Waals surface area contributed by atoms with Gasteiger partial charge in [-0.1, -0.05) is 33.1 Å². The second-order valence-electron chi connectivity index (χ2n) is 1.41. The smallest absolute Gasteiger partial charge is 0.144 e. The van der Waals surface area contributed by atoms with Crippen molar-refractivity contribution in [1.29, 1.82) is 0 Å². The fraction of sp³-hybridized carbons (Fsp3) is 0.250. The zero-order chi connectivity index (χ0) is 9.28. The standard InChI is InChI=1S/C6H10NOP.C2H6/c1-3-4-6(8-9)5(2)7;1-2/h3-4H,1-2,7,9H2;1-2H3/b6-4+;. The van der Waals surface area contributed by atoms with Crippen LogP contribution in [0, 0.1) is 0 Å². The molecule has 64 valence electrons. The molecule has 3 heteroatoms. The molecular weight excluding hydrogens is 157 g/mol. The van der Waals surface area contributed by atoms with E-state index in [0.717, 1.165) is 0 Å². The monoisotopic (exact) mass is 173 g/mol. The average molecular weight is 173 g/mol. The summed E-state index contributed by atoms with van der Waals surface area (Å²) in [4.78, 5) is 0. The lowest BCUT2D eigenvalue weighted by atomic mass is 10.4. The Bertz CT molecular complexity index is 152. The summed E-state index contributed by atoms with van der Waals surface area (Å²) >= 11 is 0.